The lowest BCUT2D eigenvalue weighted by molar-refractivity contribution is 0.451. The molecule has 3 aromatic heterocycles. The van der Waals surface area contributed by atoms with E-state index in [1.807, 2.05) is 41.9 Å². The highest BCUT2D eigenvalue weighted by Gasteiger charge is 2.41. The van der Waals surface area contributed by atoms with Crippen molar-refractivity contribution in [3.63, 3.8) is 0 Å². The van der Waals surface area contributed by atoms with Crippen molar-refractivity contribution >= 4 is 0 Å². The molecule has 0 radical (unpaired) electrons. The van der Waals surface area contributed by atoms with Crippen LogP contribution in [0.2, 0.25) is 0 Å². The molecule has 0 saturated heterocycles. The Labute approximate surface area is 309 Å². The van der Waals surface area contributed by atoms with Crippen molar-refractivity contribution < 1.29 is 0 Å². The number of hydrogen-bond acceptors (Lipinski definition) is 6. The highest BCUT2D eigenvalue weighted by Crippen LogP contribution is 2.42. The average molecular weight is 693 g/mol. The molecule has 8 nitrogen and oxygen atoms in total. The summed E-state index contributed by atoms with van der Waals surface area (Å²) in [4.78, 5) is 4.96. The molecule has 8 rings (SSSR count). The Balaban J connectivity index is 1.10. The first-order valence-electron chi connectivity index (χ1n) is 18.2. The number of benzene rings is 5. The molecule has 5 aromatic carbocycles. The molecule has 0 fully saturated rings. The van der Waals surface area contributed by atoms with Crippen molar-refractivity contribution in [1.82, 2.24) is 40.0 Å². The van der Waals surface area contributed by atoms with E-state index in [1.54, 1.807) is 0 Å². The number of tetrazole rings is 1. The summed E-state index contributed by atoms with van der Waals surface area (Å²) in [6, 6.07) is 52.7. The van der Waals surface area contributed by atoms with Crippen LogP contribution in [0.1, 0.15) is 53.5 Å². The second kappa shape index (κ2) is 15.0. The summed E-state index contributed by atoms with van der Waals surface area (Å²) in [5.74, 6) is 1.75. The van der Waals surface area contributed by atoms with Crippen molar-refractivity contribution in [1.29, 1.82) is 0 Å². The minimum absolute atomic E-state index is 0.679. The van der Waals surface area contributed by atoms with E-state index in [0.717, 1.165) is 82.1 Å². The number of aromatic nitrogens is 8. The Hall–Kier alpha value is -6.54. The summed E-state index contributed by atoms with van der Waals surface area (Å²) in [5, 5.41) is 22.2. The molecule has 0 aliphatic heterocycles. The van der Waals surface area contributed by atoms with E-state index in [4.69, 9.17) is 10.2 Å². The number of rotatable bonds is 12. The fraction of sp³-hybridized carbons (Fsp3) is 0.156. The third-order valence-electron chi connectivity index (χ3n) is 9.82. The van der Waals surface area contributed by atoms with Gasteiger partial charge in [0.25, 0.3) is 0 Å². The Morgan fingerprint density at radius 1 is 0.566 bits per heavy atom. The highest BCUT2D eigenvalue weighted by atomic mass is 15.6. The molecule has 0 amide bonds. The van der Waals surface area contributed by atoms with E-state index in [0.29, 0.717) is 5.82 Å². The lowest BCUT2D eigenvalue weighted by Crippen LogP contribution is -2.39. The van der Waals surface area contributed by atoms with Gasteiger partial charge in [-0.05, 0) is 69.3 Å². The van der Waals surface area contributed by atoms with Crippen LogP contribution < -0.4 is 0 Å². The highest BCUT2D eigenvalue weighted by molar-refractivity contribution is 5.68. The van der Waals surface area contributed by atoms with Crippen LogP contribution in [0.15, 0.2) is 158 Å². The van der Waals surface area contributed by atoms with Gasteiger partial charge < -0.3 is 4.57 Å². The van der Waals surface area contributed by atoms with Gasteiger partial charge in [-0.3, -0.25) is 0 Å². The molecule has 0 aliphatic carbocycles. The van der Waals surface area contributed by atoms with Crippen LogP contribution in [0.4, 0.5) is 0 Å². The predicted molar refractivity (Wildman–Crippen MR) is 209 cm³/mol. The molecule has 260 valence electrons. The Morgan fingerprint density at radius 3 is 1.68 bits per heavy atom. The second-order valence-corrected chi connectivity index (χ2v) is 13.3. The number of hydrogen-bond donors (Lipinski definition) is 0. The van der Waals surface area contributed by atoms with Crippen LogP contribution in [0.5, 0.6) is 0 Å². The lowest BCUT2D eigenvalue weighted by Gasteiger charge is -2.36. The van der Waals surface area contributed by atoms with Gasteiger partial charge >= 0.3 is 0 Å². The molecule has 3 heterocycles. The van der Waals surface area contributed by atoms with Crippen LogP contribution in [-0.2, 0) is 18.5 Å². The predicted octanol–water partition coefficient (Wildman–Crippen LogP) is 9.20. The summed E-state index contributed by atoms with van der Waals surface area (Å²) in [7, 11) is 0. The average Bonchev–Trinajstić information content (AvgIpc) is 3.87. The fourth-order valence-electron chi connectivity index (χ4n) is 7.09. The topological polar surface area (TPSA) is 87.2 Å². The zero-order valence-corrected chi connectivity index (χ0v) is 29.9. The first kappa shape index (κ1) is 33.6. The Bertz CT molecular complexity index is 2290. The standard InChI is InChI=1S/C45H40N8/c1-3-4-20-43-46-42(41-30-21-33(2)47-48-41)32-52(43)31-34-22-24-35(25-23-34)36-26-28-37(29-27-36)44-49-50-51-53(44)45(38-14-8-5-9-15-38,39-16-10-6-11-17-39)40-18-12-7-13-19-40/h5-19,21-30,32H,3-4,20,31H2,1-2H3. The van der Waals surface area contributed by atoms with Gasteiger partial charge in [0.15, 0.2) is 5.82 Å². The summed E-state index contributed by atoms with van der Waals surface area (Å²) in [5.41, 5.74) is 9.33. The van der Waals surface area contributed by atoms with Gasteiger partial charge in [0.2, 0.25) is 0 Å². The monoisotopic (exact) mass is 692 g/mol. The Kier molecular flexibility index (Phi) is 9.49. The Morgan fingerprint density at radius 2 is 1.13 bits per heavy atom. The third kappa shape index (κ3) is 6.67. The van der Waals surface area contributed by atoms with Crippen LogP contribution in [0.3, 0.4) is 0 Å². The van der Waals surface area contributed by atoms with Crippen molar-refractivity contribution in [2.75, 3.05) is 0 Å². The summed E-state index contributed by atoms with van der Waals surface area (Å²) in [6.07, 6.45) is 5.23. The molecule has 0 bridgehead atoms. The molecule has 0 spiro atoms. The van der Waals surface area contributed by atoms with Gasteiger partial charge in [0, 0.05) is 24.7 Å². The molecule has 0 aliphatic rings. The minimum atomic E-state index is -0.808. The molecule has 0 atom stereocenters. The zero-order chi connectivity index (χ0) is 36.0. The van der Waals surface area contributed by atoms with E-state index < -0.39 is 5.54 Å². The van der Waals surface area contributed by atoms with Crippen molar-refractivity contribution in [2.24, 2.45) is 0 Å². The van der Waals surface area contributed by atoms with E-state index >= 15 is 0 Å². The molecule has 53 heavy (non-hydrogen) atoms. The van der Waals surface area contributed by atoms with Crippen LogP contribution in [-0.4, -0.2) is 40.0 Å². The van der Waals surface area contributed by atoms with Gasteiger partial charge in [0.1, 0.15) is 22.8 Å². The summed E-state index contributed by atoms with van der Waals surface area (Å²) in [6.45, 7) is 4.89. The molecule has 0 unspecified atom stereocenters. The number of imidazole rings is 1. The molecule has 0 N–H and O–H groups in total. The molecule has 0 saturated carbocycles. The SMILES string of the molecule is CCCCc1nc(-c2ccc(C)nn2)cn1Cc1ccc(-c2ccc(-c3nnnn3C(c3ccccc3)(c3ccccc3)c3ccccc3)cc2)cc1. The quantitative estimate of drug-likeness (QED) is 0.119. The van der Waals surface area contributed by atoms with Crippen LogP contribution in [0.25, 0.3) is 33.9 Å². The van der Waals surface area contributed by atoms with Gasteiger partial charge in [-0.2, -0.15) is 5.10 Å². The summed E-state index contributed by atoms with van der Waals surface area (Å²) >= 11 is 0. The number of aryl methyl sites for hydroxylation is 2. The van der Waals surface area contributed by atoms with E-state index in [2.05, 4.69) is 160 Å². The molecular formula is C45H40N8. The van der Waals surface area contributed by atoms with Crippen LogP contribution in [0, 0.1) is 6.92 Å². The van der Waals surface area contributed by atoms with Gasteiger partial charge in [-0.25, -0.2) is 9.67 Å². The van der Waals surface area contributed by atoms with Gasteiger partial charge in [-0.1, -0.05) is 153 Å². The second-order valence-electron chi connectivity index (χ2n) is 13.3. The van der Waals surface area contributed by atoms with E-state index in [9.17, 15) is 0 Å². The third-order valence-corrected chi connectivity index (χ3v) is 9.82. The maximum absolute atomic E-state index is 4.96. The van der Waals surface area contributed by atoms with E-state index in [1.165, 1.54) is 5.56 Å². The maximum atomic E-state index is 4.96. The molecule has 8 heteroatoms. The number of unbranched alkanes of at least 4 members (excludes halogenated alkanes) is 1. The van der Waals surface area contributed by atoms with Gasteiger partial charge in [0.05, 0.1) is 5.69 Å². The van der Waals surface area contributed by atoms with Crippen molar-refractivity contribution in [2.45, 2.75) is 45.2 Å². The van der Waals surface area contributed by atoms with Crippen molar-refractivity contribution in [3.8, 4) is 33.9 Å². The first-order chi connectivity index (χ1) is 26.1. The smallest absolute Gasteiger partial charge is 0.183 e. The van der Waals surface area contributed by atoms with E-state index in [-0.39, 0.29) is 0 Å². The molecular weight excluding hydrogens is 653 g/mol. The van der Waals surface area contributed by atoms with Gasteiger partial charge in [-0.15, -0.1) is 10.2 Å². The molecule has 8 aromatic rings. The lowest BCUT2D eigenvalue weighted by atomic mass is 9.77. The first-order valence-corrected chi connectivity index (χ1v) is 18.2. The van der Waals surface area contributed by atoms with Crippen LogP contribution >= 0.6 is 0 Å². The fourth-order valence-corrected chi connectivity index (χ4v) is 7.09. The number of nitrogens with zero attached hydrogens (tertiary/aromatic N) is 8. The summed E-state index contributed by atoms with van der Waals surface area (Å²) < 4.78 is 4.22. The zero-order valence-electron chi connectivity index (χ0n) is 29.9. The largest absolute Gasteiger partial charge is 0.330 e. The minimum Gasteiger partial charge on any atom is -0.330 e. The normalized spacial score (nSPS) is 11.5. The maximum Gasteiger partial charge on any atom is 0.183 e. The van der Waals surface area contributed by atoms with Crippen molar-refractivity contribution in [3.05, 3.63) is 192 Å².